The minimum atomic E-state index is -3.80. The number of ether oxygens (including phenoxy) is 1. The quantitative estimate of drug-likeness (QED) is 0.415. The Labute approximate surface area is 187 Å². The first-order valence-electron chi connectivity index (χ1n) is 9.87. The Morgan fingerprint density at radius 1 is 0.844 bits per heavy atom. The fraction of sp³-hybridized carbons (Fsp3) is 0.0833. The summed E-state index contributed by atoms with van der Waals surface area (Å²) in [4.78, 5) is 8.67. The number of anilines is 3. The van der Waals surface area contributed by atoms with Gasteiger partial charge in [-0.15, -0.1) is 0 Å². The SMILES string of the molecule is COc1ccc(C)cc1S(=O)(=O)Nc1ccc(Nc2cc(-c3ccccc3)ncn2)cc1. The number of aryl methyl sites for hydroxylation is 1. The lowest BCUT2D eigenvalue weighted by Crippen LogP contribution is -2.14. The van der Waals surface area contributed by atoms with E-state index in [1.807, 2.05) is 43.3 Å². The molecule has 0 saturated heterocycles. The van der Waals surface area contributed by atoms with Gasteiger partial charge in [0.15, 0.2) is 0 Å². The van der Waals surface area contributed by atoms with Crippen LogP contribution < -0.4 is 14.8 Å². The molecule has 0 radical (unpaired) electrons. The molecule has 7 nitrogen and oxygen atoms in total. The van der Waals surface area contributed by atoms with Gasteiger partial charge in [0, 0.05) is 23.0 Å². The Morgan fingerprint density at radius 3 is 2.28 bits per heavy atom. The van der Waals surface area contributed by atoms with Gasteiger partial charge in [0.2, 0.25) is 0 Å². The number of methoxy groups -OCH3 is 1. The fourth-order valence-corrected chi connectivity index (χ4v) is 4.48. The summed E-state index contributed by atoms with van der Waals surface area (Å²) in [6.07, 6.45) is 1.50. The van der Waals surface area contributed by atoms with Gasteiger partial charge in [-0.3, -0.25) is 4.72 Å². The van der Waals surface area contributed by atoms with Crippen molar-refractivity contribution in [1.29, 1.82) is 0 Å². The minimum absolute atomic E-state index is 0.0941. The van der Waals surface area contributed by atoms with Gasteiger partial charge in [-0.2, -0.15) is 0 Å². The van der Waals surface area contributed by atoms with Gasteiger partial charge in [-0.25, -0.2) is 18.4 Å². The van der Waals surface area contributed by atoms with E-state index in [1.165, 1.54) is 13.4 Å². The van der Waals surface area contributed by atoms with Crippen LogP contribution in [0.25, 0.3) is 11.3 Å². The van der Waals surface area contributed by atoms with E-state index in [4.69, 9.17) is 4.74 Å². The van der Waals surface area contributed by atoms with Crippen molar-refractivity contribution >= 4 is 27.2 Å². The predicted octanol–water partition coefficient (Wildman–Crippen LogP) is 5.01. The zero-order valence-corrected chi connectivity index (χ0v) is 18.4. The van der Waals surface area contributed by atoms with Crippen LogP contribution in [0.1, 0.15) is 5.56 Å². The Hall–Kier alpha value is -3.91. The smallest absolute Gasteiger partial charge is 0.265 e. The van der Waals surface area contributed by atoms with Crippen molar-refractivity contribution in [1.82, 2.24) is 9.97 Å². The number of sulfonamides is 1. The van der Waals surface area contributed by atoms with E-state index in [0.717, 1.165) is 22.5 Å². The van der Waals surface area contributed by atoms with E-state index in [9.17, 15) is 8.42 Å². The number of rotatable bonds is 7. The molecule has 3 aromatic carbocycles. The van der Waals surface area contributed by atoms with Gasteiger partial charge in [-0.1, -0.05) is 36.4 Å². The Morgan fingerprint density at radius 2 is 1.56 bits per heavy atom. The Bertz CT molecular complexity index is 1330. The highest BCUT2D eigenvalue weighted by atomic mass is 32.2. The fourth-order valence-electron chi connectivity index (χ4n) is 3.17. The number of nitrogens with one attached hydrogen (secondary N) is 2. The highest BCUT2D eigenvalue weighted by Gasteiger charge is 2.19. The molecule has 0 aliphatic rings. The Kier molecular flexibility index (Phi) is 6.04. The van der Waals surface area contributed by atoms with Crippen molar-refractivity contribution in [3.63, 3.8) is 0 Å². The molecule has 0 bridgehead atoms. The zero-order valence-electron chi connectivity index (χ0n) is 17.6. The van der Waals surface area contributed by atoms with Crippen molar-refractivity contribution in [2.24, 2.45) is 0 Å². The third-order valence-electron chi connectivity index (χ3n) is 4.75. The second-order valence-corrected chi connectivity index (χ2v) is 8.77. The summed E-state index contributed by atoms with van der Waals surface area (Å²) in [6.45, 7) is 1.83. The van der Waals surface area contributed by atoms with E-state index in [-0.39, 0.29) is 4.90 Å². The molecule has 8 heteroatoms. The average molecular weight is 447 g/mol. The van der Waals surface area contributed by atoms with Crippen LogP contribution in [0.5, 0.6) is 5.75 Å². The molecule has 0 unspecified atom stereocenters. The van der Waals surface area contributed by atoms with Crippen LogP contribution in [0, 0.1) is 6.92 Å². The molecule has 0 fully saturated rings. The number of hydrogen-bond donors (Lipinski definition) is 2. The first kappa shape index (κ1) is 21.3. The first-order chi connectivity index (χ1) is 15.4. The minimum Gasteiger partial charge on any atom is -0.495 e. The molecule has 0 saturated carbocycles. The number of hydrogen-bond acceptors (Lipinski definition) is 6. The van der Waals surface area contributed by atoms with Gasteiger partial charge in [0.1, 0.15) is 22.8 Å². The van der Waals surface area contributed by atoms with Crippen molar-refractivity contribution < 1.29 is 13.2 Å². The molecule has 2 N–H and O–H groups in total. The highest BCUT2D eigenvalue weighted by molar-refractivity contribution is 7.92. The van der Waals surface area contributed by atoms with Gasteiger partial charge in [-0.05, 0) is 48.9 Å². The van der Waals surface area contributed by atoms with Crippen molar-refractivity contribution in [2.75, 3.05) is 17.1 Å². The molecule has 0 aliphatic carbocycles. The van der Waals surface area contributed by atoms with Crippen LogP contribution in [0.3, 0.4) is 0 Å². The van der Waals surface area contributed by atoms with E-state index >= 15 is 0 Å². The lowest BCUT2D eigenvalue weighted by atomic mass is 10.1. The second-order valence-electron chi connectivity index (χ2n) is 7.12. The summed E-state index contributed by atoms with van der Waals surface area (Å²) >= 11 is 0. The van der Waals surface area contributed by atoms with Crippen molar-refractivity contribution in [3.05, 3.63) is 90.8 Å². The molecule has 4 aromatic rings. The third kappa shape index (κ3) is 4.87. The van der Waals surface area contributed by atoms with E-state index in [1.54, 1.807) is 42.5 Å². The topological polar surface area (TPSA) is 93.2 Å². The number of benzene rings is 3. The molecule has 0 spiro atoms. The Balaban J connectivity index is 1.50. The summed E-state index contributed by atoms with van der Waals surface area (Å²) in [5.41, 5.74) is 3.82. The highest BCUT2D eigenvalue weighted by Crippen LogP contribution is 2.28. The molecule has 1 heterocycles. The summed E-state index contributed by atoms with van der Waals surface area (Å²) in [5, 5.41) is 3.21. The lowest BCUT2D eigenvalue weighted by molar-refractivity contribution is 0.402. The molecule has 1 aromatic heterocycles. The first-order valence-corrected chi connectivity index (χ1v) is 11.3. The maximum atomic E-state index is 12.9. The van der Waals surface area contributed by atoms with Crippen molar-refractivity contribution in [2.45, 2.75) is 11.8 Å². The van der Waals surface area contributed by atoms with Crippen LogP contribution in [0.15, 0.2) is 90.1 Å². The zero-order chi connectivity index (χ0) is 22.6. The molecule has 0 amide bonds. The third-order valence-corrected chi connectivity index (χ3v) is 6.16. The molecule has 0 aliphatic heterocycles. The molecule has 4 rings (SSSR count). The number of aromatic nitrogens is 2. The molecular weight excluding hydrogens is 424 g/mol. The van der Waals surface area contributed by atoms with E-state index in [0.29, 0.717) is 17.3 Å². The molecule has 32 heavy (non-hydrogen) atoms. The summed E-state index contributed by atoms with van der Waals surface area (Å²) in [7, 11) is -2.36. The van der Waals surface area contributed by atoms with Crippen molar-refractivity contribution in [3.8, 4) is 17.0 Å². The van der Waals surface area contributed by atoms with Crippen LogP contribution >= 0.6 is 0 Å². The van der Waals surface area contributed by atoms with E-state index in [2.05, 4.69) is 20.0 Å². The predicted molar refractivity (Wildman–Crippen MR) is 126 cm³/mol. The second kappa shape index (κ2) is 9.07. The molecular formula is C24H22N4O3S. The maximum Gasteiger partial charge on any atom is 0.265 e. The monoisotopic (exact) mass is 446 g/mol. The van der Waals surface area contributed by atoms with E-state index < -0.39 is 10.0 Å². The number of nitrogens with zero attached hydrogens (tertiary/aromatic N) is 2. The molecule has 0 atom stereocenters. The van der Waals surface area contributed by atoms with Crippen LogP contribution in [-0.4, -0.2) is 25.5 Å². The largest absolute Gasteiger partial charge is 0.495 e. The standard InChI is InChI=1S/C24H22N4O3S/c1-17-8-13-22(31-2)23(14-17)32(29,30)28-20-11-9-19(10-12-20)27-24-15-21(25-16-26-24)18-6-4-3-5-7-18/h3-16,28H,1-2H3,(H,25,26,27). The van der Waals surface area contributed by atoms with Gasteiger partial charge in [0.05, 0.1) is 12.8 Å². The van der Waals surface area contributed by atoms with Crippen LogP contribution in [0.4, 0.5) is 17.2 Å². The van der Waals surface area contributed by atoms with Gasteiger partial charge in [0.25, 0.3) is 10.0 Å². The maximum absolute atomic E-state index is 12.9. The normalized spacial score (nSPS) is 11.1. The summed E-state index contributed by atoms with van der Waals surface area (Å²) < 4.78 is 33.5. The average Bonchev–Trinajstić information content (AvgIpc) is 2.81. The summed E-state index contributed by atoms with van der Waals surface area (Å²) in [6, 6.07) is 23.6. The molecule has 162 valence electrons. The van der Waals surface area contributed by atoms with Crippen LogP contribution in [0.2, 0.25) is 0 Å². The summed E-state index contributed by atoms with van der Waals surface area (Å²) in [5.74, 6) is 0.927. The van der Waals surface area contributed by atoms with Crippen LogP contribution in [-0.2, 0) is 10.0 Å². The lowest BCUT2D eigenvalue weighted by Gasteiger charge is -2.13. The van der Waals surface area contributed by atoms with Gasteiger partial charge < -0.3 is 10.1 Å². The van der Waals surface area contributed by atoms with Gasteiger partial charge >= 0.3 is 0 Å².